The largest absolute Gasteiger partial charge is 0.0616 e. The summed E-state index contributed by atoms with van der Waals surface area (Å²) in [6, 6.07) is 31.0. The summed E-state index contributed by atoms with van der Waals surface area (Å²) in [7, 11) is 0. The van der Waals surface area contributed by atoms with Gasteiger partial charge in [0.15, 0.2) is 0 Å². The van der Waals surface area contributed by atoms with Gasteiger partial charge in [-0.2, -0.15) is 0 Å². The van der Waals surface area contributed by atoms with Gasteiger partial charge in [-0.3, -0.25) is 0 Å². The average molecular weight is 366 g/mol. The lowest BCUT2D eigenvalue weighted by Gasteiger charge is -2.05. The van der Waals surface area contributed by atoms with E-state index in [2.05, 4.69) is 91.3 Å². The molecule has 0 saturated heterocycles. The molecule has 0 atom stereocenters. The summed E-state index contributed by atoms with van der Waals surface area (Å²) in [5, 5.41) is 5.40. The quantitative estimate of drug-likeness (QED) is 0.264. The van der Waals surface area contributed by atoms with Crippen LogP contribution in [-0.4, -0.2) is 0 Å². The van der Waals surface area contributed by atoms with E-state index in [0.29, 0.717) is 0 Å². The van der Waals surface area contributed by atoms with Gasteiger partial charge in [0.1, 0.15) is 0 Å². The Morgan fingerprint density at radius 2 is 0.964 bits per heavy atom. The monoisotopic (exact) mass is 365 g/mol. The second-order valence-corrected chi connectivity index (χ2v) is 7.79. The summed E-state index contributed by atoms with van der Waals surface area (Å²) in [5.41, 5.74) is 2.93. The summed E-state index contributed by atoms with van der Waals surface area (Å²) in [4.78, 5) is 0. The van der Waals surface area contributed by atoms with E-state index in [9.17, 15) is 0 Å². The predicted molar refractivity (Wildman–Crippen MR) is 123 cm³/mol. The minimum Gasteiger partial charge on any atom is -0.0616 e. The van der Waals surface area contributed by atoms with Gasteiger partial charge in [-0.1, -0.05) is 97.8 Å². The summed E-state index contributed by atoms with van der Waals surface area (Å²) in [6.07, 6.45) is 11.1. The molecular formula is C28H29. The lowest BCUT2D eigenvalue weighted by Crippen LogP contribution is -1.89. The van der Waals surface area contributed by atoms with Gasteiger partial charge >= 0.3 is 0 Å². The number of fused-ring (bicyclic) bond motifs is 2. The maximum Gasteiger partial charge on any atom is -0.0181 e. The van der Waals surface area contributed by atoms with Crippen LogP contribution >= 0.6 is 0 Å². The molecule has 4 aromatic carbocycles. The number of hydrogen-bond acceptors (Lipinski definition) is 0. The molecule has 0 bridgehead atoms. The highest BCUT2D eigenvalue weighted by molar-refractivity contribution is 5.83. The second-order valence-electron chi connectivity index (χ2n) is 7.79. The van der Waals surface area contributed by atoms with Crippen LogP contribution in [0, 0.1) is 6.42 Å². The molecule has 0 unspecified atom stereocenters. The van der Waals surface area contributed by atoms with Gasteiger partial charge in [-0.15, -0.1) is 0 Å². The standard InChI is InChI=1S/C28H29/c1(3-5-11-23-17-19-25-13-7-9-15-27(25)21-23)2-4-6-12-24-18-20-26-14-8-10-16-28(26)22-24/h1,7-10,13-22H,2-6,11-12H2. The third-order valence-electron chi connectivity index (χ3n) is 5.63. The summed E-state index contributed by atoms with van der Waals surface area (Å²) >= 11 is 0. The molecule has 0 aliphatic heterocycles. The van der Waals surface area contributed by atoms with E-state index in [1.807, 2.05) is 0 Å². The summed E-state index contributed by atoms with van der Waals surface area (Å²) < 4.78 is 0. The first kappa shape index (κ1) is 18.7. The van der Waals surface area contributed by atoms with E-state index in [1.165, 1.54) is 77.6 Å². The van der Waals surface area contributed by atoms with Crippen LogP contribution in [-0.2, 0) is 12.8 Å². The molecular weight excluding hydrogens is 336 g/mol. The van der Waals surface area contributed by atoms with Crippen molar-refractivity contribution in [3.63, 3.8) is 0 Å². The zero-order chi connectivity index (χ0) is 19.0. The SMILES string of the molecule is [CH](CCCCc1ccc2ccccc2c1)CCCc1ccc2ccccc2c1. The van der Waals surface area contributed by atoms with Crippen LogP contribution in [0.15, 0.2) is 84.9 Å². The van der Waals surface area contributed by atoms with E-state index < -0.39 is 0 Å². The molecule has 0 aromatic heterocycles. The molecule has 0 N–H and O–H groups in total. The fourth-order valence-corrected chi connectivity index (χ4v) is 4.00. The first-order chi connectivity index (χ1) is 13.9. The number of rotatable bonds is 9. The molecule has 4 aromatic rings. The average Bonchev–Trinajstić information content (AvgIpc) is 2.75. The Balaban J connectivity index is 1.12. The number of benzene rings is 4. The maximum absolute atomic E-state index is 2.49. The Kier molecular flexibility index (Phi) is 6.40. The smallest absolute Gasteiger partial charge is 0.0181 e. The fraction of sp³-hybridized carbons (Fsp3) is 0.250. The van der Waals surface area contributed by atoms with Crippen molar-refractivity contribution >= 4 is 21.5 Å². The third kappa shape index (κ3) is 5.01. The molecule has 1 radical (unpaired) electrons. The Hall–Kier alpha value is -2.60. The maximum atomic E-state index is 2.49. The molecule has 0 amide bonds. The van der Waals surface area contributed by atoms with Gasteiger partial charge in [-0.05, 0) is 71.2 Å². The molecule has 0 heteroatoms. The zero-order valence-corrected chi connectivity index (χ0v) is 16.6. The van der Waals surface area contributed by atoms with Gasteiger partial charge in [0, 0.05) is 0 Å². The van der Waals surface area contributed by atoms with Crippen LogP contribution in [0.4, 0.5) is 0 Å². The van der Waals surface area contributed by atoms with Gasteiger partial charge in [-0.25, -0.2) is 0 Å². The van der Waals surface area contributed by atoms with E-state index in [0.717, 1.165) is 0 Å². The molecule has 0 nitrogen and oxygen atoms in total. The second kappa shape index (κ2) is 9.55. The highest BCUT2D eigenvalue weighted by atomic mass is 14.0. The predicted octanol–water partition coefficient (Wildman–Crippen LogP) is 7.93. The van der Waals surface area contributed by atoms with Gasteiger partial charge in [0.05, 0.1) is 0 Å². The van der Waals surface area contributed by atoms with E-state index in [1.54, 1.807) is 0 Å². The minimum atomic E-state index is 1.18. The van der Waals surface area contributed by atoms with E-state index in [-0.39, 0.29) is 0 Å². The fourth-order valence-electron chi connectivity index (χ4n) is 4.00. The molecule has 0 heterocycles. The van der Waals surface area contributed by atoms with Crippen molar-refractivity contribution in [2.75, 3.05) is 0 Å². The first-order valence-electron chi connectivity index (χ1n) is 10.7. The van der Waals surface area contributed by atoms with Crippen molar-refractivity contribution in [1.82, 2.24) is 0 Å². The van der Waals surface area contributed by atoms with Crippen LogP contribution in [0.5, 0.6) is 0 Å². The van der Waals surface area contributed by atoms with Crippen molar-refractivity contribution in [1.29, 1.82) is 0 Å². The Labute approximate surface area is 169 Å². The topological polar surface area (TPSA) is 0 Å². The van der Waals surface area contributed by atoms with Crippen LogP contribution in [0.25, 0.3) is 21.5 Å². The van der Waals surface area contributed by atoms with E-state index >= 15 is 0 Å². The van der Waals surface area contributed by atoms with Crippen molar-refractivity contribution in [3.8, 4) is 0 Å². The Bertz CT molecular complexity index is 943. The van der Waals surface area contributed by atoms with Crippen molar-refractivity contribution in [2.45, 2.75) is 44.9 Å². The highest BCUT2D eigenvalue weighted by Gasteiger charge is 1.99. The molecule has 4 rings (SSSR count). The van der Waals surface area contributed by atoms with Crippen molar-refractivity contribution in [2.24, 2.45) is 0 Å². The van der Waals surface area contributed by atoms with Crippen molar-refractivity contribution in [3.05, 3.63) is 102 Å². The summed E-state index contributed by atoms with van der Waals surface area (Å²) in [6.45, 7) is 0. The van der Waals surface area contributed by atoms with Gasteiger partial charge < -0.3 is 0 Å². The minimum absolute atomic E-state index is 1.18. The third-order valence-corrected chi connectivity index (χ3v) is 5.63. The van der Waals surface area contributed by atoms with E-state index in [4.69, 9.17) is 0 Å². The van der Waals surface area contributed by atoms with Crippen LogP contribution in [0.3, 0.4) is 0 Å². The molecule has 0 saturated carbocycles. The molecule has 0 aliphatic carbocycles. The number of unbranched alkanes of at least 4 members (excludes halogenated alkanes) is 5. The van der Waals surface area contributed by atoms with Gasteiger partial charge in [0.25, 0.3) is 0 Å². The van der Waals surface area contributed by atoms with Crippen LogP contribution < -0.4 is 0 Å². The Morgan fingerprint density at radius 3 is 1.57 bits per heavy atom. The molecule has 0 aliphatic rings. The molecule has 141 valence electrons. The first-order valence-corrected chi connectivity index (χ1v) is 10.7. The normalized spacial score (nSPS) is 11.3. The lowest BCUT2D eigenvalue weighted by molar-refractivity contribution is 0.687. The Morgan fingerprint density at radius 1 is 0.464 bits per heavy atom. The van der Waals surface area contributed by atoms with Gasteiger partial charge in [0.2, 0.25) is 0 Å². The zero-order valence-electron chi connectivity index (χ0n) is 16.6. The van der Waals surface area contributed by atoms with Crippen LogP contribution in [0.2, 0.25) is 0 Å². The molecule has 0 spiro atoms. The molecule has 28 heavy (non-hydrogen) atoms. The lowest BCUT2D eigenvalue weighted by atomic mass is 10.0. The van der Waals surface area contributed by atoms with Crippen LogP contribution in [0.1, 0.15) is 43.2 Å². The number of hydrogen-bond donors (Lipinski definition) is 0. The van der Waals surface area contributed by atoms with Crippen molar-refractivity contribution < 1.29 is 0 Å². The summed E-state index contributed by atoms with van der Waals surface area (Å²) in [5.74, 6) is 0. The highest BCUT2D eigenvalue weighted by Crippen LogP contribution is 2.19. The number of aryl methyl sites for hydroxylation is 2. The molecule has 0 fully saturated rings.